The number of carbonyl (C=O) groups is 2. The molecule has 0 saturated heterocycles. The van der Waals surface area contributed by atoms with Crippen LogP contribution in [0.15, 0.2) is 36.4 Å². The van der Waals surface area contributed by atoms with Gasteiger partial charge in [-0.15, -0.1) is 0 Å². The molecule has 0 saturated carbocycles. The molecule has 0 unspecified atom stereocenters. The summed E-state index contributed by atoms with van der Waals surface area (Å²) < 4.78 is 0. The molecule has 0 bridgehead atoms. The quantitative estimate of drug-likeness (QED) is 0.567. The van der Waals surface area contributed by atoms with Crippen molar-refractivity contribution in [3.8, 4) is 0 Å². The topological polar surface area (TPSA) is 34.1 Å². The summed E-state index contributed by atoms with van der Waals surface area (Å²) >= 11 is 10.9. The molecule has 2 aromatic carbocycles. The summed E-state index contributed by atoms with van der Waals surface area (Å²) in [6.07, 6.45) is 3.92. The molecular formula is C18H14Cl2O2. The van der Waals surface area contributed by atoms with Crippen molar-refractivity contribution in [2.24, 2.45) is 0 Å². The van der Waals surface area contributed by atoms with Gasteiger partial charge in [-0.25, -0.2) is 0 Å². The number of halogens is 2. The van der Waals surface area contributed by atoms with Crippen molar-refractivity contribution in [1.29, 1.82) is 0 Å². The number of carbonyl (C=O) groups excluding carboxylic acids is 2. The first-order valence-electron chi connectivity index (χ1n) is 6.67. The molecule has 112 valence electrons. The van der Waals surface area contributed by atoms with E-state index in [1.807, 2.05) is 38.1 Å². The summed E-state index contributed by atoms with van der Waals surface area (Å²) in [5.74, 6) is 0. The van der Waals surface area contributed by atoms with Crippen LogP contribution in [-0.4, -0.2) is 10.5 Å². The van der Waals surface area contributed by atoms with Gasteiger partial charge in [0.25, 0.3) is 10.5 Å². The predicted molar refractivity (Wildman–Crippen MR) is 91.7 cm³/mol. The third kappa shape index (κ3) is 3.85. The molecule has 0 spiro atoms. The highest BCUT2D eigenvalue weighted by Gasteiger charge is 2.05. The van der Waals surface area contributed by atoms with Gasteiger partial charge in [-0.1, -0.05) is 24.3 Å². The van der Waals surface area contributed by atoms with Gasteiger partial charge >= 0.3 is 0 Å². The molecule has 2 aromatic rings. The third-order valence-corrected chi connectivity index (χ3v) is 3.87. The molecule has 0 aliphatic rings. The van der Waals surface area contributed by atoms with E-state index in [0.29, 0.717) is 11.1 Å². The van der Waals surface area contributed by atoms with Gasteiger partial charge in [-0.3, -0.25) is 9.59 Å². The largest absolute Gasteiger partial charge is 0.276 e. The zero-order valence-corrected chi connectivity index (χ0v) is 13.7. The van der Waals surface area contributed by atoms with Gasteiger partial charge in [0.2, 0.25) is 0 Å². The maximum atomic E-state index is 11.1. The SMILES string of the molecule is Cc1cc(C(=O)Cl)ccc1C=Cc1ccc(C(=O)Cl)cc1C. The Balaban J connectivity index is 2.29. The van der Waals surface area contributed by atoms with Crippen molar-refractivity contribution in [1.82, 2.24) is 0 Å². The Hall–Kier alpha value is -1.90. The fourth-order valence-corrected chi connectivity index (χ4v) is 2.38. The maximum Gasteiger partial charge on any atom is 0.252 e. The van der Waals surface area contributed by atoms with Crippen LogP contribution in [0.1, 0.15) is 43.0 Å². The van der Waals surface area contributed by atoms with E-state index in [1.165, 1.54) is 0 Å². The van der Waals surface area contributed by atoms with Gasteiger partial charge in [-0.05, 0) is 83.6 Å². The molecular weight excluding hydrogens is 319 g/mol. The Kier molecular flexibility index (Phi) is 5.17. The minimum absolute atomic E-state index is 0.462. The Labute approximate surface area is 139 Å². The first-order valence-corrected chi connectivity index (χ1v) is 7.43. The smallest absolute Gasteiger partial charge is 0.252 e. The first-order chi connectivity index (χ1) is 10.4. The van der Waals surface area contributed by atoms with E-state index in [9.17, 15) is 9.59 Å². The van der Waals surface area contributed by atoms with Crippen LogP contribution in [0.25, 0.3) is 12.2 Å². The summed E-state index contributed by atoms with van der Waals surface area (Å²) in [6, 6.07) is 10.6. The van der Waals surface area contributed by atoms with Gasteiger partial charge in [0.15, 0.2) is 0 Å². The van der Waals surface area contributed by atoms with Crippen LogP contribution in [0.3, 0.4) is 0 Å². The minimum atomic E-state index is -0.462. The number of hydrogen-bond donors (Lipinski definition) is 0. The van der Waals surface area contributed by atoms with Crippen molar-refractivity contribution in [2.45, 2.75) is 13.8 Å². The van der Waals surface area contributed by atoms with E-state index in [4.69, 9.17) is 23.2 Å². The molecule has 0 fully saturated rings. The van der Waals surface area contributed by atoms with E-state index in [2.05, 4.69) is 0 Å². The van der Waals surface area contributed by atoms with E-state index >= 15 is 0 Å². The fraction of sp³-hybridized carbons (Fsp3) is 0.111. The van der Waals surface area contributed by atoms with Crippen LogP contribution in [0.4, 0.5) is 0 Å². The van der Waals surface area contributed by atoms with Crippen LogP contribution < -0.4 is 0 Å². The first kappa shape index (κ1) is 16.5. The highest BCUT2D eigenvalue weighted by molar-refractivity contribution is 6.68. The third-order valence-electron chi connectivity index (χ3n) is 3.44. The fourth-order valence-electron chi connectivity index (χ4n) is 2.15. The van der Waals surface area contributed by atoms with Gasteiger partial charge in [0.1, 0.15) is 0 Å². The summed E-state index contributed by atoms with van der Waals surface area (Å²) in [5.41, 5.74) is 4.90. The predicted octanol–water partition coefficient (Wildman–Crippen LogP) is 5.23. The molecule has 0 aliphatic heterocycles. The molecule has 4 heteroatoms. The van der Waals surface area contributed by atoms with Crippen LogP contribution in [0.5, 0.6) is 0 Å². The number of benzene rings is 2. The number of rotatable bonds is 4. The summed E-state index contributed by atoms with van der Waals surface area (Å²) in [7, 11) is 0. The average Bonchev–Trinajstić information content (AvgIpc) is 2.46. The van der Waals surface area contributed by atoms with Gasteiger partial charge < -0.3 is 0 Å². The van der Waals surface area contributed by atoms with Crippen molar-refractivity contribution in [3.05, 3.63) is 69.8 Å². The zero-order valence-electron chi connectivity index (χ0n) is 12.2. The second-order valence-electron chi connectivity index (χ2n) is 5.02. The lowest BCUT2D eigenvalue weighted by Gasteiger charge is -2.04. The Morgan fingerprint density at radius 1 is 0.773 bits per heavy atom. The molecule has 0 N–H and O–H groups in total. The van der Waals surface area contributed by atoms with Gasteiger partial charge in [0, 0.05) is 11.1 Å². The normalized spacial score (nSPS) is 10.9. The Bertz CT molecular complexity index is 711. The van der Waals surface area contributed by atoms with Crippen LogP contribution in [0.2, 0.25) is 0 Å². The molecule has 0 aliphatic carbocycles. The second-order valence-corrected chi connectivity index (χ2v) is 5.71. The van der Waals surface area contributed by atoms with E-state index in [0.717, 1.165) is 22.3 Å². The second kappa shape index (κ2) is 6.91. The molecule has 2 nitrogen and oxygen atoms in total. The lowest BCUT2D eigenvalue weighted by molar-refractivity contribution is 0.107. The lowest BCUT2D eigenvalue weighted by Crippen LogP contribution is -1.92. The van der Waals surface area contributed by atoms with Crippen LogP contribution in [0, 0.1) is 13.8 Å². The number of hydrogen-bond acceptors (Lipinski definition) is 2. The van der Waals surface area contributed by atoms with Crippen molar-refractivity contribution >= 4 is 45.8 Å². The highest BCUT2D eigenvalue weighted by Crippen LogP contribution is 2.19. The highest BCUT2D eigenvalue weighted by atomic mass is 35.5. The van der Waals surface area contributed by atoms with Gasteiger partial charge in [0.05, 0.1) is 0 Å². The van der Waals surface area contributed by atoms with Crippen LogP contribution in [-0.2, 0) is 0 Å². The van der Waals surface area contributed by atoms with E-state index < -0.39 is 10.5 Å². The summed E-state index contributed by atoms with van der Waals surface area (Å²) in [4.78, 5) is 22.3. The summed E-state index contributed by atoms with van der Waals surface area (Å²) in [6.45, 7) is 3.84. The standard InChI is InChI=1S/C18H14Cl2O2/c1-11-9-15(17(19)21)7-5-13(11)3-4-14-6-8-16(18(20)22)10-12(14)2/h3-10H,1-2H3. The zero-order chi connectivity index (χ0) is 16.3. The van der Waals surface area contributed by atoms with Gasteiger partial charge in [-0.2, -0.15) is 0 Å². The minimum Gasteiger partial charge on any atom is -0.276 e. The molecule has 0 radical (unpaired) electrons. The van der Waals surface area contributed by atoms with Crippen molar-refractivity contribution in [3.63, 3.8) is 0 Å². The maximum absolute atomic E-state index is 11.1. The molecule has 0 amide bonds. The van der Waals surface area contributed by atoms with Crippen molar-refractivity contribution in [2.75, 3.05) is 0 Å². The Morgan fingerprint density at radius 3 is 1.41 bits per heavy atom. The van der Waals surface area contributed by atoms with Crippen LogP contribution >= 0.6 is 23.2 Å². The lowest BCUT2D eigenvalue weighted by atomic mass is 10.0. The average molecular weight is 333 g/mol. The molecule has 2 rings (SSSR count). The van der Waals surface area contributed by atoms with E-state index in [1.54, 1.807) is 24.3 Å². The van der Waals surface area contributed by atoms with Crippen molar-refractivity contribution < 1.29 is 9.59 Å². The monoisotopic (exact) mass is 332 g/mol. The van der Waals surface area contributed by atoms with E-state index in [-0.39, 0.29) is 0 Å². The number of aryl methyl sites for hydroxylation is 2. The molecule has 0 aromatic heterocycles. The molecule has 22 heavy (non-hydrogen) atoms. The molecule has 0 heterocycles. The summed E-state index contributed by atoms with van der Waals surface area (Å²) in [5, 5.41) is -0.924. The molecule has 0 atom stereocenters. The Morgan fingerprint density at radius 2 is 1.14 bits per heavy atom.